The van der Waals surface area contributed by atoms with Crippen molar-refractivity contribution in [2.24, 2.45) is 5.73 Å². The predicted molar refractivity (Wildman–Crippen MR) is 85.0 cm³/mol. The summed E-state index contributed by atoms with van der Waals surface area (Å²) in [5.41, 5.74) is 9.54. The van der Waals surface area contributed by atoms with Gasteiger partial charge in [-0.2, -0.15) is 5.10 Å². The number of hydrogen-bond donors (Lipinski definition) is 1. The summed E-state index contributed by atoms with van der Waals surface area (Å²) < 4.78 is 1.96. The van der Waals surface area contributed by atoms with Gasteiger partial charge in [0.2, 0.25) is 0 Å². The lowest BCUT2D eigenvalue weighted by molar-refractivity contribution is 0.523. The summed E-state index contributed by atoms with van der Waals surface area (Å²) in [4.78, 5) is 4.38. The molecule has 4 heteroatoms. The zero-order valence-electron chi connectivity index (χ0n) is 12.4. The quantitative estimate of drug-likeness (QED) is 0.798. The molecule has 3 aromatic rings. The number of fused-ring (bicyclic) bond motifs is 1. The molecule has 1 atom stereocenters. The molecular weight excluding hydrogens is 260 g/mol. The lowest BCUT2D eigenvalue weighted by Crippen LogP contribution is -2.14. The fraction of sp³-hybridized carbons (Fsp3) is 0.294. The van der Waals surface area contributed by atoms with Crippen LogP contribution in [0.25, 0.3) is 10.9 Å². The van der Waals surface area contributed by atoms with E-state index < -0.39 is 0 Å². The van der Waals surface area contributed by atoms with Crippen molar-refractivity contribution in [1.82, 2.24) is 14.8 Å². The molecule has 0 aliphatic heterocycles. The van der Waals surface area contributed by atoms with Gasteiger partial charge in [-0.25, -0.2) is 0 Å². The molecule has 0 saturated carbocycles. The van der Waals surface area contributed by atoms with Gasteiger partial charge in [-0.3, -0.25) is 9.67 Å². The van der Waals surface area contributed by atoms with Crippen molar-refractivity contribution in [3.63, 3.8) is 0 Å². The van der Waals surface area contributed by atoms with Gasteiger partial charge in [0, 0.05) is 36.3 Å². The molecule has 0 spiro atoms. The Bertz CT molecular complexity index is 740. The number of nitrogens with two attached hydrogens (primary N) is 1. The van der Waals surface area contributed by atoms with E-state index in [2.05, 4.69) is 36.1 Å². The van der Waals surface area contributed by atoms with Crippen LogP contribution < -0.4 is 5.73 Å². The highest BCUT2D eigenvalue weighted by molar-refractivity contribution is 5.82. The molecule has 1 aromatic carbocycles. The maximum atomic E-state index is 6.40. The first-order valence-corrected chi connectivity index (χ1v) is 7.28. The van der Waals surface area contributed by atoms with E-state index in [1.807, 2.05) is 41.3 Å². The van der Waals surface area contributed by atoms with Gasteiger partial charge in [0.1, 0.15) is 0 Å². The van der Waals surface area contributed by atoms with E-state index in [1.54, 1.807) is 0 Å². The average Bonchev–Trinajstić information content (AvgIpc) is 2.95. The van der Waals surface area contributed by atoms with Crippen molar-refractivity contribution >= 4 is 10.9 Å². The van der Waals surface area contributed by atoms with Crippen LogP contribution in [0.3, 0.4) is 0 Å². The molecule has 2 heterocycles. The molecule has 21 heavy (non-hydrogen) atoms. The highest BCUT2D eigenvalue weighted by Crippen LogP contribution is 2.23. The molecule has 1 unspecified atom stereocenters. The molecule has 2 aromatic heterocycles. The molecule has 0 bridgehead atoms. The van der Waals surface area contributed by atoms with Crippen LogP contribution in [0.4, 0.5) is 0 Å². The smallest absolute Gasteiger partial charge is 0.0705 e. The molecule has 0 amide bonds. The number of rotatable bonds is 4. The molecule has 0 aliphatic carbocycles. The van der Waals surface area contributed by atoms with E-state index in [-0.39, 0.29) is 6.04 Å². The van der Waals surface area contributed by atoms with Crippen molar-refractivity contribution in [3.05, 3.63) is 60.0 Å². The Kier molecular flexibility index (Phi) is 3.71. The molecule has 0 radical (unpaired) electrons. The summed E-state index contributed by atoms with van der Waals surface area (Å²) in [5.74, 6) is 0. The Hall–Kier alpha value is -2.20. The second-order valence-corrected chi connectivity index (χ2v) is 5.61. The van der Waals surface area contributed by atoms with Crippen molar-refractivity contribution in [2.45, 2.75) is 32.4 Å². The van der Waals surface area contributed by atoms with Crippen LogP contribution in [-0.4, -0.2) is 14.8 Å². The van der Waals surface area contributed by atoms with Crippen LogP contribution in [0.15, 0.2) is 48.8 Å². The second kappa shape index (κ2) is 5.66. The van der Waals surface area contributed by atoms with Crippen LogP contribution in [0.5, 0.6) is 0 Å². The third-order valence-corrected chi connectivity index (χ3v) is 3.70. The van der Waals surface area contributed by atoms with E-state index in [9.17, 15) is 0 Å². The number of hydrogen-bond acceptors (Lipinski definition) is 3. The summed E-state index contributed by atoms with van der Waals surface area (Å²) in [5, 5.41) is 5.70. The Labute approximate surface area is 124 Å². The molecule has 0 saturated heterocycles. The highest BCUT2D eigenvalue weighted by atomic mass is 15.3. The van der Waals surface area contributed by atoms with Crippen molar-refractivity contribution in [2.75, 3.05) is 0 Å². The number of aromatic nitrogens is 3. The lowest BCUT2D eigenvalue weighted by atomic mass is 9.98. The molecule has 2 N–H and O–H groups in total. The van der Waals surface area contributed by atoms with Gasteiger partial charge in [0.05, 0.1) is 11.2 Å². The topological polar surface area (TPSA) is 56.7 Å². The van der Waals surface area contributed by atoms with Gasteiger partial charge in [0.15, 0.2) is 0 Å². The Balaban J connectivity index is 1.88. The van der Waals surface area contributed by atoms with Crippen LogP contribution >= 0.6 is 0 Å². The van der Waals surface area contributed by atoms with Gasteiger partial charge in [-0.15, -0.1) is 0 Å². The third-order valence-electron chi connectivity index (χ3n) is 3.70. The normalized spacial score (nSPS) is 13.0. The first-order chi connectivity index (χ1) is 10.1. The summed E-state index contributed by atoms with van der Waals surface area (Å²) >= 11 is 0. The third kappa shape index (κ3) is 2.81. The van der Waals surface area contributed by atoms with Gasteiger partial charge >= 0.3 is 0 Å². The van der Waals surface area contributed by atoms with Crippen LogP contribution in [0.2, 0.25) is 0 Å². The van der Waals surface area contributed by atoms with E-state index in [4.69, 9.17) is 5.73 Å². The Morgan fingerprint density at radius 2 is 2.00 bits per heavy atom. The molecule has 108 valence electrons. The minimum Gasteiger partial charge on any atom is -0.324 e. The SMILES string of the molecule is CC(C)n1ccc(CC(N)c2cccc3ncccc23)n1. The second-order valence-electron chi connectivity index (χ2n) is 5.61. The van der Waals surface area contributed by atoms with Crippen LogP contribution in [-0.2, 0) is 6.42 Å². The zero-order valence-corrected chi connectivity index (χ0v) is 12.4. The summed E-state index contributed by atoms with van der Waals surface area (Å²) in [7, 11) is 0. The van der Waals surface area contributed by atoms with Crippen molar-refractivity contribution in [3.8, 4) is 0 Å². The molecule has 3 rings (SSSR count). The Morgan fingerprint density at radius 3 is 2.76 bits per heavy atom. The first-order valence-electron chi connectivity index (χ1n) is 7.28. The standard InChI is InChI=1S/C17H20N4/c1-12(2)21-10-8-13(20-21)11-16(18)14-5-3-7-17-15(14)6-4-9-19-17/h3-10,12,16H,11,18H2,1-2H3. The summed E-state index contributed by atoms with van der Waals surface area (Å²) in [6.07, 6.45) is 4.55. The fourth-order valence-corrected chi connectivity index (χ4v) is 2.56. The number of pyridine rings is 1. The van der Waals surface area contributed by atoms with Gasteiger partial charge in [-0.1, -0.05) is 18.2 Å². The van der Waals surface area contributed by atoms with Crippen LogP contribution in [0, 0.1) is 0 Å². The first kappa shape index (κ1) is 13.8. The maximum absolute atomic E-state index is 6.40. The highest BCUT2D eigenvalue weighted by Gasteiger charge is 2.13. The largest absolute Gasteiger partial charge is 0.324 e. The lowest BCUT2D eigenvalue weighted by Gasteiger charge is -2.13. The van der Waals surface area contributed by atoms with E-state index in [0.717, 1.165) is 28.6 Å². The molecule has 0 aliphatic rings. The average molecular weight is 280 g/mol. The number of benzene rings is 1. The maximum Gasteiger partial charge on any atom is 0.0705 e. The fourth-order valence-electron chi connectivity index (χ4n) is 2.56. The minimum absolute atomic E-state index is 0.0755. The Morgan fingerprint density at radius 1 is 1.14 bits per heavy atom. The molecule has 4 nitrogen and oxygen atoms in total. The van der Waals surface area contributed by atoms with E-state index >= 15 is 0 Å². The van der Waals surface area contributed by atoms with E-state index in [1.165, 1.54) is 0 Å². The number of nitrogens with zero attached hydrogens (tertiary/aromatic N) is 3. The van der Waals surface area contributed by atoms with Gasteiger partial charge in [0.25, 0.3) is 0 Å². The summed E-state index contributed by atoms with van der Waals surface area (Å²) in [6, 6.07) is 12.5. The minimum atomic E-state index is -0.0755. The zero-order chi connectivity index (χ0) is 14.8. The molecule has 0 fully saturated rings. The van der Waals surface area contributed by atoms with Gasteiger partial charge < -0.3 is 5.73 Å². The van der Waals surface area contributed by atoms with Crippen LogP contribution in [0.1, 0.15) is 37.2 Å². The van der Waals surface area contributed by atoms with E-state index in [0.29, 0.717) is 6.04 Å². The summed E-state index contributed by atoms with van der Waals surface area (Å²) in [6.45, 7) is 4.24. The monoisotopic (exact) mass is 280 g/mol. The van der Waals surface area contributed by atoms with Gasteiger partial charge in [-0.05, 0) is 37.6 Å². The van der Waals surface area contributed by atoms with Crippen molar-refractivity contribution < 1.29 is 0 Å². The molecular formula is C17H20N4. The predicted octanol–water partition coefficient (Wildman–Crippen LogP) is 3.25. The van der Waals surface area contributed by atoms with Crippen molar-refractivity contribution in [1.29, 1.82) is 0 Å².